The van der Waals surface area contributed by atoms with E-state index in [1.165, 1.54) is 38.6 Å². The number of likely N-dealkylation sites (tertiary alicyclic amines) is 1. The Kier molecular flexibility index (Phi) is 4.52. The van der Waals surface area contributed by atoms with Crippen LogP contribution in [0, 0.1) is 0 Å². The summed E-state index contributed by atoms with van der Waals surface area (Å²) in [6.07, 6.45) is 8.08. The van der Waals surface area contributed by atoms with E-state index in [2.05, 4.69) is 20.6 Å². The molecule has 1 saturated heterocycles. The molecule has 7 heteroatoms. The molecule has 1 saturated carbocycles. The van der Waals surface area contributed by atoms with E-state index in [-0.39, 0.29) is 6.03 Å². The Labute approximate surface area is 131 Å². The number of anilines is 1. The first-order valence-electron chi connectivity index (χ1n) is 8.05. The van der Waals surface area contributed by atoms with Crippen LogP contribution in [-0.4, -0.2) is 53.0 Å². The van der Waals surface area contributed by atoms with Gasteiger partial charge in [0.25, 0.3) is 5.88 Å². The molecule has 1 aromatic rings. The molecular weight excluding hydrogens is 282 g/mol. The van der Waals surface area contributed by atoms with Crippen molar-refractivity contribution in [2.75, 3.05) is 25.5 Å². The summed E-state index contributed by atoms with van der Waals surface area (Å²) in [6, 6.07) is 1.03. The molecule has 2 amide bonds. The number of amides is 2. The van der Waals surface area contributed by atoms with E-state index < -0.39 is 0 Å². The number of urea groups is 1. The van der Waals surface area contributed by atoms with Crippen LogP contribution in [0.4, 0.5) is 10.5 Å². The van der Waals surface area contributed by atoms with Gasteiger partial charge in [-0.05, 0) is 32.2 Å². The molecule has 2 fully saturated rings. The van der Waals surface area contributed by atoms with Crippen molar-refractivity contribution in [2.45, 2.75) is 44.2 Å². The zero-order valence-corrected chi connectivity index (χ0v) is 13.3. The summed E-state index contributed by atoms with van der Waals surface area (Å²) in [7, 11) is 3.34. The second kappa shape index (κ2) is 6.56. The number of hydrogen-bond donors (Lipinski definition) is 2. The second-order valence-electron chi connectivity index (χ2n) is 6.18. The predicted molar refractivity (Wildman–Crippen MR) is 84.1 cm³/mol. The fraction of sp³-hybridized carbons (Fsp3) is 0.733. The lowest BCUT2D eigenvalue weighted by Gasteiger charge is -2.35. The van der Waals surface area contributed by atoms with Gasteiger partial charge >= 0.3 is 6.03 Å². The molecule has 2 N–H and O–H groups in total. The minimum absolute atomic E-state index is 0.201. The van der Waals surface area contributed by atoms with E-state index in [9.17, 15) is 4.79 Å². The first kappa shape index (κ1) is 15.1. The lowest BCUT2D eigenvalue weighted by Crippen LogP contribution is -2.48. The highest BCUT2D eigenvalue weighted by Crippen LogP contribution is 2.32. The number of rotatable bonds is 5. The number of aromatic nitrogens is 2. The van der Waals surface area contributed by atoms with Crippen LogP contribution < -0.4 is 15.4 Å². The van der Waals surface area contributed by atoms with Gasteiger partial charge in [0.1, 0.15) is 5.69 Å². The maximum Gasteiger partial charge on any atom is 0.319 e. The van der Waals surface area contributed by atoms with Gasteiger partial charge in [0, 0.05) is 25.7 Å². The Hall–Kier alpha value is -1.76. The van der Waals surface area contributed by atoms with Crippen LogP contribution in [-0.2, 0) is 7.05 Å². The highest BCUT2D eigenvalue weighted by molar-refractivity contribution is 5.90. The Morgan fingerprint density at radius 3 is 2.95 bits per heavy atom. The zero-order valence-electron chi connectivity index (χ0n) is 13.3. The van der Waals surface area contributed by atoms with Gasteiger partial charge in [-0.25, -0.2) is 4.79 Å². The van der Waals surface area contributed by atoms with Crippen LogP contribution in [0.15, 0.2) is 6.20 Å². The molecule has 22 heavy (non-hydrogen) atoms. The molecule has 122 valence electrons. The Morgan fingerprint density at radius 1 is 1.41 bits per heavy atom. The number of aryl methyl sites for hydroxylation is 1. The monoisotopic (exact) mass is 307 g/mol. The normalized spacial score (nSPS) is 22.4. The van der Waals surface area contributed by atoms with Gasteiger partial charge in [0.15, 0.2) is 0 Å². The third kappa shape index (κ3) is 3.52. The fourth-order valence-corrected chi connectivity index (χ4v) is 3.21. The van der Waals surface area contributed by atoms with Crippen LogP contribution in [0.25, 0.3) is 0 Å². The van der Waals surface area contributed by atoms with Crippen molar-refractivity contribution in [3.05, 3.63) is 6.20 Å². The minimum Gasteiger partial charge on any atom is -0.478 e. The summed E-state index contributed by atoms with van der Waals surface area (Å²) in [5, 5.41) is 9.91. The average Bonchev–Trinajstić information content (AvgIpc) is 3.29. The standard InChI is InChI=1S/C15H25N5O2/c1-19-10-13(14(18-19)22-2)17-15(21)16-9-12-5-3-4-8-20(12)11-6-7-11/h10-12H,3-9H2,1-2H3,(H2,16,17,21). The van der Waals surface area contributed by atoms with Crippen LogP contribution in [0.5, 0.6) is 5.88 Å². The van der Waals surface area contributed by atoms with Crippen LogP contribution in [0.1, 0.15) is 32.1 Å². The third-order valence-electron chi connectivity index (χ3n) is 4.42. The van der Waals surface area contributed by atoms with Crippen molar-refractivity contribution in [1.82, 2.24) is 20.0 Å². The number of carbonyl (C=O) groups excluding carboxylic acids is 1. The first-order chi connectivity index (χ1) is 10.7. The molecule has 1 unspecified atom stereocenters. The Morgan fingerprint density at radius 2 is 2.23 bits per heavy atom. The number of piperidine rings is 1. The maximum absolute atomic E-state index is 12.1. The van der Waals surface area contributed by atoms with E-state index >= 15 is 0 Å². The minimum atomic E-state index is -0.201. The van der Waals surface area contributed by atoms with Crippen molar-refractivity contribution < 1.29 is 9.53 Å². The SMILES string of the molecule is COc1nn(C)cc1NC(=O)NCC1CCCCN1C1CC1. The number of hydrogen-bond acceptors (Lipinski definition) is 4. The Bertz CT molecular complexity index is 526. The van der Waals surface area contributed by atoms with Gasteiger partial charge in [0.05, 0.1) is 13.3 Å². The highest BCUT2D eigenvalue weighted by Gasteiger charge is 2.35. The fourth-order valence-electron chi connectivity index (χ4n) is 3.21. The third-order valence-corrected chi connectivity index (χ3v) is 4.42. The van der Waals surface area contributed by atoms with Crippen molar-refractivity contribution in [3.8, 4) is 5.88 Å². The summed E-state index contributed by atoms with van der Waals surface area (Å²) in [5.74, 6) is 0.426. The number of carbonyl (C=O) groups is 1. The summed E-state index contributed by atoms with van der Waals surface area (Å²) < 4.78 is 6.75. The molecule has 2 heterocycles. The van der Waals surface area contributed by atoms with Gasteiger partial charge in [0.2, 0.25) is 0 Å². The molecule has 1 aromatic heterocycles. The van der Waals surface area contributed by atoms with E-state index in [4.69, 9.17) is 4.74 Å². The molecule has 0 radical (unpaired) electrons. The van der Waals surface area contributed by atoms with Crippen LogP contribution in [0.2, 0.25) is 0 Å². The van der Waals surface area contributed by atoms with E-state index in [0.717, 1.165) is 6.04 Å². The molecule has 1 atom stereocenters. The van der Waals surface area contributed by atoms with Gasteiger partial charge < -0.3 is 15.4 Å². The molecular formula is C15H25N5O2. The maximum atomic E-state index is 12.1. The van der Waals surface area contributed by atoms with Crippen molar-refractivity contribution >= 4 is 11.7 Å². The van der Waals surface area contributed by atoms with Gasteiger partial charge in [-0.3, -0.25) is 9.58 Å². The summed E-state index contributed by atoms with van der Waals surface area (Å²) in [4.78, 5) is 14.7. The molecule has 7 nitrogen and oxygen atoms in total. The average molecular weight is 307 g/mol. The molecule has 0 bridgehead atoms. The van der Waals surface area contributed by atoms with Gasteiger partial charge in [-0.2, -0.15) is 0 Å². The van der Waals surface area contributed by atoms with Gasteiger partial charge in [-0.15, -0.1) is 5.10 Å². The molecule has 0 aromatic carbocycles. The van der Waals surface area contributed by atoms with Crippen LogP contribution in [0.3, 0.4) is 0 Å². The van der Waals surface area contributed by atoms with E-state index in [0.29, 0.717) is 24.2 Å². The second-order valence-corrected chi connectivity index (χ2v) is 6.18. The predicted octanol–water partition coefficient (Wildman–Crippen LogP) is 1.57. The topological polar surface area (TPSA) is 71.4 Å². The van der Waals surface area contributed by atoms with Crippen molar-refractivity contribution in [2.24, 2.45) is 7.05 Å². The molecule has 0 spiro atoms. The van der Waals surface area contributed by atoms with Gasteiger partial charge in [-0.1, -0.05) is 6.42 Å². The Balaban J connectivity index is 1.51. The zero-order chi connectivity index (χ0) is 15.5. The molecule has 1 aliphatic heterocycles. The van der Waals surface area contributed by atoms with Crippen molar-refractivity contribution in [3.63, 3.8) is 0 Å². The molecule has 1 aliphatic carbocycles. The summed E-state index contributed by atoms with van der Waals surface area (Å²) in [5.41, 5.74) is 0.588. The van der Waals surface area contributed by atoms with Crippen molar-refractivity contribution in [1.29, 1.82) is 0 Å². The molecule has 2 aliphatic rings. The van der Waals surface area contributed by atoms with Crippen LogP contribution >= 0.6 is 0 Å². The largest absolute Gasteiger partial charge is 0.478 e. The number of ether oxygens (including phenoxy) is 1. The number of nitrogens with zero attached hydrogens (tertiary/aromatic N) is 3. The smallest absolute Gasteiger partial charge is 0.319 e. The molecule has 3 rings (SSSR count). The number of nitrogens with one attached hydrogen (secondary N) is 2. The lowest BCUT2D eigenvalue weighted by atomic mass is 10.0. The quantitative estimate of drug-likeness (QED) is 0.866. The first-order valence-corrected chi connectivity index (χ1v) is 8.05. The van der Waals surface area contributed by atoms with E-state index in [1.807, 2.05) is 0 Å². The summed E-state index contributed by atoms with van der Waals surface area (Å²) in [6.45, 7) is 1.87. The number of methoxy groups -OCH3 is 1. The highest BCUT2D eigenvalue weighted by atomic mass is 16.5. The summed E-state index contributed by atoms with van der Waals surface area (Å²) >= 11 is 0. The lowest BCUT2D eigenvalue weighted by molar-refractivity contribution is 0.138. The van der Waals surface area contributed by atoms with E-state index in [1.54, 1.807) is 25.0 Å².